The molecule has 4 N–H and O–H groups in total. The number of aromatic nitrogens is 4. The van der Waals surface area contributed by atoms with Gasteiger partial charge in [-0.2, -0.15) is 0 Å². The maximum Gasteiger partial charge on any atom is 0.238 e. The SMILES string of the molecule is CCC(C)c1ccnc2c(-c3ccnc(Nc4cccc(S(N)(=O)=O)c4)n3)c[nH]c12. The van der Waals surface area contributed by atoms with E-state index in [4.69, 9.17) is 5.14 Å². The van der Waals surface area contributed by atoms with E-state index in [2.05, 4.69) is 39.1 Å². The molecule has 30 heavy (non-hydrogen) atoms. The third-order valence-electron chi connectivity index (χ3n) is 5.09. The van der Waals surface area contributed by atoms with E-state index in [1.807, 2.05) is 24.5 Å². The van der Waals surface area contributed by atoms with Gasteiger partial charge in [0.15, 0.2) is 0 Å². The van der Waals surface area contributed by atoms with Crippen molar-refractivity contribution in [1.82, 2.24) is 19.9 Å². The topological polar surface area (TPSA) is 127 Å². The van der Waals surface area contributed by atoms with Gasteiger partial charge in [0.2, 0.25) is 16.0 Å². The molecule has 0 aliphatic rings. The molecule has 1 atom stereocenters. The summed E-state index contributed by atoms with van der Waals surface area (Å²) in [6, 6.07) is 10.1. The summed E-state index contributed by atoms with van der Waals surface area (Å²) in [5, 5.41) is 8.24. The van der Waals surface area contributed by atoms with Gasteiger partial charge in [0.05, 0.1) is 21.6 Å². The molecule has 1 unspecified atom stereocenters. The molecule has 3 aromatic heterocycles. The Kier molecular flexibility index (Phi) is 5.23. The molecule has 0 aliphatic heterocycles. The van der Waals surface area contributed by atoms with E-state index in [-0.39, 0.29) is 4.90 Å². The smallest absolute Gasteiger partial charge is 0.238 e. The van der Waals surface area contributed by atoms with Crippen LogP contribution >= 0.6 is 0 Å². The van der Waals surface area contributed by atoms with Crippen molar-refractivity contribution < 1.29 is 8.42 Å². The van der Waals surface area contributed by atoms with E-state index >= 15 is 0 Å². The number of aromatic amines is 1. The number of H-pyrrole nitrogens is 1. The highest BCUT2D eigenvalue weighted by molar-refractivity contribution is 7.89. The van der Waals surface area contributed by atoms with Crippen molar-refractivity contribution in [2.75, 3.05) is 5.32 Å². The molecule has 8 nitrogen and oxygen atoms in total. The molecule has 154 valence electrons. The third-order valence-corrected chi connectivity index (χ3v) is 6.00. The van der Waals surface area contributed by atoms with Crippen LogP contribution in [0.3, 0.4) is 0 Å². The van der Waals surface area contributed by atoms with Crippen LogP contribution in [0.5, 0.6) is 0 Å². The molecule has 9 heteroatoms. The highest BCUT2D eigenvalue weighted by atomic mass is 32.2. The van der Waals surface area contributed by atoms with E-state index in [0.717, 1.165) is 23.0 Å². The van der Waals surface area contributed by atoms with Gasteiger partial charge in [-0.15, -0.1) is 0 Å². The predicted molar refractivity (Wildman–Crippen MR) is 117 cm³/mol. The lowest BCUT2D eigenvalue weighted by Crippen LogP contribution is -2.12. The van der Waals surface area contributed by atoms with Gasteiger partial charge in [0.1, 0.15) is 0 Å². The maximum atomic E-state index is 11.6. The number of sulfonamides is 1. The second-order valence-corrected chi connectivity index (χ2v) is 8.66. The number of benzene rings is 1. The minimum atomic E-state index is -3.79. The molecule has 0 radical (unpaired) electrons. The first-order valence-electron chi connectivity index (χ1n) is 9.56. The van der Waals surface area contributed by atoms with Crippen molar-refractivity contribution in [2.45, 2.75) is 31.1 Å². The molecular weight excluding hydrogens is 400 g/mol. The molecule has 1 aromatic carbocycles. The van der Waals surface area contributed by atoms with E-state index in [1.165, 1.54) is 17.7 Å². The number of anilines is 2. The van der Waals surface area contributed by atoms with Crippen molar-refractivity contribution in [2.24, 2.45) is 5.14 Å². The number of nitrogens with two attached hydrogens (primary N) is 1. The molecule has 0 saturated heterocycles. The zero-order valence-corrected chi connectivity index (χ0v) is 17.4. The summed E-state index contributed by atoms with van der Waals surface area (Å²) in [5.41, 5.74) is 5.19. The number of hydrogen-bond donors (Lipinski definition) is 3. The number of primary sulfonamides is 1. The first-order valence-corrected chi connectivity index (χ1v) is 11.1. The molecule has 3 heterocycles. The molecule has 0 saturated carbocycles. The molecule has 4 aromatic rings. The number of hydrogen-bond acceptors (Lipinski definition) is 6. The summed E-state index contributed by atoms with van der Waals surface area (Å²) in [7, 11) is -3.79. The molecule has 0 spiro atoms. The van der Waals surface area contributed by atoms with Crippen molar-refractivity contribution >= 4 is 32.7 Å². The third kappa shape index (κ3) is 3.89. The van der Waals surface area contributed by atoms with Gasteiger partial charge in [0.25, 0.3) is 0 Å². The van der Waals surface area contributed by atoms with Gasteiger partial charge in [0, 0.05) is 29.8 Å². The van der Waals surface area contributed by atoms with Gasteiger partial charge < -0.3 is 10.3 Å². The Bertz CT molecular complexity index is 1320. The number of fused-ring (bicyclic) bond motifs is 1. The van der Waals surface area contributed by atoms with Gasteiger partial charge in [-0.25, -0.2) is 23.5 Å². The van der Waals surface area contributed by atoms with Crippen LogP contribution in [0.15, 0.2) is 59.9 Å². The predicted octanol–water partition coefficient (Wildman–Crippen LogP) is 3.92. The largest absolute Gasteiger partial charge is 0.359 e. The number of nitrogens with one attached hydrogen (secondary N) is 2. The fraction of sp³-hybridized carbons (Fsp3) is 0.190. The molecule has 4 rings (SSSR count). The zero-order chi connectivity index (χ0) is 21.3. The Labute approximate surface area is 174 Å². The van der Waals surface area contributed by atoms with Crippen molar-refractivity contribution in [1.29, 1.82) is 0 Å². The Morgan fingerprint density at radius 1 is 1.17 bits per heavy atom. The monoisotopic (exact) mass is 422 g/mol. The van der Waals surface area contributed by atoms with Crippen LogP contribution in [0.1, 0.15) is 31.7 Å². The van der Waals surface area contributed by atoms with Crippen LogP contribution in [-0.4, -0.2) is 28.4 Å². The molecular formula is C21H22N6O2S. The standard InChI is InChI=1S/C21H22N6O2S/c1-3-13(2)16-7-9-23-20-17(12-25-19(16)20)18-8-10-24-21(27-18)26-14-5-4-6-15(11-14)30(22,28)29/h4-13,25H,3H2,1-2H3,(H2,22,28,29)(H,24,26,27). The average molecular weight is 423 g/mol. The van der Waals surface area contributed by atoms with Crippen molar-refractivity contribution in [3.63, 3.8) is 0 Å². The average Bonchev–Trinajstić information content (AvgIpc) is 3.17. The number of pyridine rings is 1. The van der Waals surface area contributed by atoms with Crippen LogP contribution < -0.4 is 10.5 Å². The fourth-order valence-corrected chi connectivity index (χ4v) is 3.88. The van der Waals surface area contributed by atoms with Crippen LogP contribution in [-0.2, 0) is 10.0 Å². The van der Waals surface area contributed by atoms with Gasteiger partial charge in [-0.05, 0) is 48.2 Å². The number of nitrogens with zero attached hydrogens (tertiary/aromatic N) is 3. The quantitative estimate of drug-likeness (QED) is 0.432. The van der Waals surface area contributed by atoms with Crippen LogP contribution in [0.2, 0.25) is 0 Å². The summed E-state index contributed by atoms with van der Waals surface area (Å²) >= 11 is 0. The molecule has 0 bridgehead atoms. The zero-order valence-electron chi connectivity index (χ0n) is 16.6. The second kappa shape index (κ2) is 7.85. The van der Waals surface area contributed by atoms with E-state index < -0.39 is 10.0 Å². The lowest BCUT2D eigenvalue weighted by molar-refractivity contribution is 0.598. The first kappa shape index (κ1) is 20.0. The lowest BCUT2D eigenvalue weighted by atomic mass is 9.98. The second-order valence-electron chi connectivity index (χ2n) is 7.10. The van der Waals surface area contributed by atoms with Gasteiger partial charge in [-0.1, -0.05) is 19.9 Å². The van der Waals surface area contributed by atoms with Crippen LogP contribution in [0.25, 0.3) is 22.3 Å². The summed E-state index contributed by atoms with van der Waals surface area (Å²) < 4.78 is 23.2. The lowest BCUT2D eigenvalue weighted by Gasteiger charge is -2.10. The van der Waals surface area contributed by atoms with Crippen molar-refractivity contribution in [3.05, 3.63) is 60.6 Å². The maximum absolute atomic E-state index is 11.6. The number of rotatable bonds is 6. The highest BCUT2D eigenvalue weighted by Gasteiger charge is 2.15. The summed E-state index contributed by atoms with van der Waals surface area (Å²) in [5.74, 6) is 0.752. The van der Waals surface area contributed by atoms with Crippen LogP contribution in [0, 0.1) is 0 Å². The Balaban J connectivity index is 1.70. The Morgan fingerprint density at radius 2 is 1.97 bits per heavy atom. The van der Waals surface area contributed by atoms with Gasteiger partial charge in [-0.3, -0.25) is 4.98 Å². The Morgan fingerprint density at radius 3 is 2.73 bits per heavy atom. The fourth-order valence-electron chi connectivity index (χ4n) is 3.32. The molecule has 0 aliphatic carbocycles. The minimum absolute atomic E-state index is 0.0158. The minimum Gasteiger partial charge on any atom is -0.359 e. The normalized spacial score (nSPS) is 12.8. The molecule has 0 fully saturated rings. The highest BCUT2D eigenvalue weighted by Crippen LogP contribution is 2.32. The summed E-state index contributed by atoms with van der Waals surface area (Å²) in [6.45, 7) is 4.35. The summed E-state index contributed by atoms with van der Waals surface area (Å²) in [4.78, 5) is 16.7. The molecule has 0 amide bonds. The Hall–Kier alpha value is -3.30. The summed E-state index contributed by atoms with van der Waals surface area (Å²) in [6.07, 6.45) is 6.40. The van der Waals surface area contributed by atoms with E-state index in [9.17, 15) is 8.42 Å². The van der Waals surface area contributed by atoms with Crippen molar-refractivity contribution in [3.8, 4) is 11.3 Å². The van der Waals surface area contributed by atoms with Gasteiger partial charge >= 0.3 is 0 Å². The van der Waals surface area contributed by atoms with Crippen LogP contribution in [0.4, 0.5) is 11.6 Å². The van der Waals surface area contributed by atoms with E-state index in [0.29, 0.717) is 23.2 Å². The van der Waals surface area contributed by atoms with E-state index in [1.54, 1.807) is 18.3 Å². The first-order chi connectivity index (χ1) is 14.4.